The summed E-state index contributed by atoms with van der Waals surface area (Å²) in [6.45, 7) is 9.83. The van der Waals surface area contributed by atoms with Gasteiger partial charge in [0.05, 0.1) is 18.3 Å². The third-order valence-electron chi connectivity index (χ3n) is 8.74. The van der Waals surface area contributed by atoms with E-state index in [1.807, 2.05) is 19.9 Å². The molecule has 4 aliphatic carbocycles. The third kappa shape index (κ3) is 6.05. The minimum atomic E-state index is -0.584. The van der Waals surface area contributed by atoms with Gasteiger partial charge in [0.15, 0.2) is 0 Å². The Hall–Kier alpha value is -2.35. The molecule has 4 saturated carbocycles. The van der Waals surface area contributed by atoms with Crippen molar-refractivity contribution >= 4 is 18.0 Å². The molecule has 2 amide bonds. The van der Waals surface area contributed by atoms with Gasteiger partial charge in [-0.2, -0.15) is 5.10 Å². The van der Waals surface area contributed by atoms with Crippen LogP contribution in [0.25, 0.3) is 6.20 Å². The molecule has 0 aromatic carbocycles. The average molecular weight is 513 g/mol. The summed E-state index contributed by atoms with van der Waals surface area (Å²) in [5.74, 6) is 3.64. The van der Waals surface area contributed by atoms with Gasteiger partial charge in [0.1, 0.15) is 5.56 Å². The lowest BCUT2D eigenvalue weighted by Gasteiger charge is -2.54. The van der Waals surface area contributed by atoms with Crippen molar-refractivity contribution in [1.29, 1.82) is 0 Å². The van der Waals surface area contributed by atoms with E-state index in [9.17, 15) is 9.59 Å². The van der Waals surface area contributed by atoms with Gasteiger partial charge in [0.2, 0.25) is 11.8 Å². The van der Waals surface area contributed by atoms with Gasteiger partial charge in [-0.15, -0.1) is 0 Å². The molecular weight excluding hydrogens is 468 g/mol. The number of carbonyl (C=O) groups excluding carboxylic acids is 2. The van der Waals surface area contributed by atoms with Crippen molar-refractivity contribution in [1.82, 2.24) is 20.4 Å². The number of hydrogen-bond donors (Lipinski definition) is 2. The number of carbonyl (C=O) groups is 2. The van der Waals surface area contributed by atoms with Crippen LogP contribution in [0.2, 0.25) is 0 Å². The molecule has 0 unspecified atom stereocenters. The summed E-state index contributed by atoms with van der Waals surface area (Å²) < 4.78 is 13.1. The molecule has 2 heterocycles. The van der Waals surface area contributed by atoms with Crippen LogP contribution >= 0.6 is 0 Å². The Morgan fingerprint density at radius 1 is 1.14 bits per heavy atom. The quantitative estimate of drug-likeness (QED) is 0.516. The first-order chi connectivity index (χ1) is 17.7. The molecule has 0 atom stereocenters. The summed E-state index contributed by atoms with van der Waals surface area (Å²) in [6, 6.07) is 0.261. The van der Waals surface area contributed by atoms with Gasteiger partial charge >= 0.3 is 0 Å². The van der Waals surface area contributed by atoms with Crippen LogP contribution in [-0.4, -0.2) is 53.0 Å². The van der Waals surface area contributed by atoms with Crippen molar-refractivity contribution in [3.63, 3.8) is 0 Å². The van der Waals surface area contributed by atoms with E-state index in [2.05, 4.69) is 29.6 Å². The van der Waals surface area contributed by atoms with Crippen molar-refractivity contribution < 1.29 is 19.1 Å². The lowest BCUT2D eigenvalue weighted by atomic mass is 9.54. The number of aromatic nitrogens is 2. The lowest BCUT2D eigenvalue weighted by molar-refractivity contribution is -0.129. The maximum Gasteiger partial charge on any atom is 0.258 e. The first-order valence-electron chi connectivity index (χ1n) is 14.3. The highest BCUT2D eigenvalue weighted by Gasteiger charge is 2.48. The SMILES string of the molecule is CC(C)COc1c(C(=O)NC2C3CC4CC(C3)CC2C4)cnn1/C=C/C(C)(C)NC(=O)C1CCOCC1. The summed E-state index contributed by atoms with van der Waals surface area (Å²) in [6.07, 6.45) is 13.2. The zero-order valence-corrected chi connectivity index (χ0v) is 22.9. The van der Waals surface area contributed by atoms with Gasteiger partial charge in [0, 0.05) is 31.4 Å². The molecule has 4 bridgehead atoms. The molecular formula is C29H44N4O4. The van der Waals surface area contributed by atoms with Crippen molar-refractivity contribution in [2.24, 2.45) is 35.5 Å². The van der Waals surface area contributed by atoms with Gasteiger partial charge in [-0.3, -0.25) is 9.59 Å². The van der Waals surface area contributed by atoms with Gasteiger partial charge in [-0.05, 0) is 94.5 Å². The lowest BCUT2D eigenvalue weighted by Crippen LogP contribution is -2.55. The van der Waals surface area contributed by atoms with Crippen LogP contribution < -0.4 is 15.4 Å². The zero-order valence-electron chi connectivity index (χ0n) is 22.9. The number of ether oxygens (including phenoxy) is 2. The summed E-state index contributed by atoms with van der Waals surface area (Å²) in [5, 5.41) is 11.0. The van der Waals surface area contributed by atoms with Gasteiger partial charge in [-0.1, -0.05) is 13.8 Å². The molecule has 8 nitrogen and oxygen atoms in total. The van der Waals surface area contributed by atoms with Crippen LogP contribution in [-0.2, 0) is 9.53 Å². The van der Waals surface area contributed by atoms with Crippen molar-refractivity contribution in [3.8, 4) is 5.88 Å². The molecule has 5 fully saturated rings. The molecule has 6 rings (SSSR count). The predicted molar refractivity (Wildman–Crippen MR) is 142 cm³/mol. The maximum atomic E-state index is 13.5. The highest BCUT2D eigenvalue weighted by Crippen LogP contribution is 2.53. The molecule has 0 spiro atoms. The molecule has 1 aliphatic heterocycles. The van der Waals surface area contributed by atoms with E-state index < -0.39 is 5.54 Å². The van der Waals surface area contributed by atoms with Gasteiger partial charge in [0.25, 0.3) is 5.91 Å². The van der Waals surface area contributed by atoms with Crippen LogP contribution in [0.4, 0.5) is 0 Å². The zero-order chi connectivity index (χ0) is 26.2. The Morgan fingerprint density at radius 2 is 1.78 bits per heavy atom. The third-order valence-corrected chi connectivity index (χ3v) is 8.74. The number of amides is 2. The van der Waals surface area contributed by atoms with Crippen LogP contribution in [0.3, 0.4) is 0 Å². The van der Waals surface area contributed by atoms with E-state index in [-0.39, 0.29) is 23.8 Å². The summed E-state index contributed by atoms with van der Waals surface area (Å²) >= 11 is 0. The first kappa shape index (κ1) is 26.3. The minimum absolute atomic E-state index is 0.0171. The van der Waals surface area contributed by atoms with Crippen molar-refractivity contribution in [2.75, 3.05) is 19.8 Å². The summed E-state index contributed by atoms with van der Waals surface area (Å²) in [7, 11) is 0. The highest BCUT2D eigenvalue weighted by molar-refractivity contribution is 5.96. The largest absolute Gasteiger partial charge is 0.477 e. The molecule has 5 aliphatic rings. The topological polar surface area (TPSA) is 94.5 Å². The first-order valence-corrected chi connectivity index (χ1v) is 14.3. The van der Waals surface area contributed by atoms with Gasteiger partial charge in [-0.25, -0.2) is 4.68 Å². The van der Waals surface area contributed by atoms with Crippen LogP contribution in [0.5, 0.6) is 5.88 Å². The fourth-order valence-electron chi connectivity index (χ4n) is 7.07. The number of nitrogens with one attached hydrogen (secondary N) is 2. The highest BCUT2D eigenvalue weighted by atomic mass is 16.5. The van der Waals surface area contributed by atoms with Crippen molar-refractivity contribution in [3.05, 3.63) is 17.8 Å². The fourth-order valence-corrected chi connectivity index (χ4v) is 7.07. The van der Waals surface area contributed by atoms with Gasteiger partial charge < -0.3 is 20.1 Å². The standard InChI is InChI=1S/C29H44N4O4/c1-18(2)17-37-28-24(27(35)31-25-22-12-19-11-20(14-22)15-23(25)13-19)16-30-33(28)8-7-29(3,4)32-26(34)21-5-9-36-10-6-21/h7-8,16,18-23,25H,5-6,9-15,17H2,1-4H3,(H,31,35)(H,32,34)/b8-7+. The molecule has 1 aromatic heterocycles. The van der Waals surface area contributed by atoms with Crippen LogP contribution in [0, 0.1) is 35.5 Å². The summed E-state index contributed by atoms with van der Waals surface area (Å²) in [4.78, 5) is 26.3. The average Bonchev–Trinajstić information content (AvgIpc) is 3.26. The maximum absolute atomic E-state index is 13.5. The molecule has 37 heavy (non-hydrogen) atoms. The molecule has 8 heteroatoms. The number of rotatable bonds is 9. The van der Waals surface area contributed by atoms with E-state index in [0.717, 1.165) is 24.7 Å². The van der Waals surface area contributed by atoms with E-state index in [4.69, 9.17) is 9.47 Å². The second kappa shape index (κ2) is 10.8. The number of hydrogen-bond acceptors (Lipinski definition) is 5. The Morgan fingerprint density at radius 3 is 2.41 bits per heavy atom. The van der Waals surface area contributed by atoms with E-state index in [1.54, 1.807) is 17.1 Å². The Kier molecular flexibility index (Phi) is 7.66. The Balaban J connectivity index is 1.29. The predicted octanol–water partition coefficient (Wildman–Crippen LogP) is 4.26. The molecule has 2 N–H and O–H groups in total. The monoisotopic (exact) mass is 512 g/mol. The Labute approximate surface area is 220 Å². The van der Waals surface area contributed by atoms with E-state index in [0.29, 0.717) is 49.0 Å². The molecule has 0 radical (unpaired) electrons. The van der Waals surface area contributed by atoms with Crippen LogP contribution in [0.1, 0.15) is 83.0 Å². The summed E-state index contributed by atoms with van der Waals surface area (Å²) in [5.41, 5.74) is -0.109. The second-order valence-electron chi connectivity index (χ2n) is 12.9. The smallest absolute Gasteiger partial charge is 0.258 e. The van der Waals surface area contributed by atoms with Crippen LogP contribution in [0.15, 0.2) is 12.3 Å². The fraction of sp³-hybridized carbons (Fsp3) is 0.759. The van der Waals surface area contributed by atoms with Crippen molar-refractivity contribution in [2.45, 2.75) is 84.2 Å². The molecule has 1 saturated heterocycles. The van der Waals surface area contributed by atoms with E-state index in [1.165, 1.54) is 32.1 Å². The normalized spacial score (nSPS) is 29.7. The van der Waals surface area contributed by atoms with E-state index >= 15 is 0 Å². The molecule has 204 valence electrons. The molecule has 1 aromatic rings. The second-order valence-corrected chi connectivity index (χ2v) is 12.9. The minimum Gasteiger partial charge on any atom is -0.477 e. The number of nitrogens with zero attached hydrogens (tertiary/aromatic N) is 2. The Bertz CT molecular complexity index is 980.